The van der Waals surface area contributed by atoms with Crippen molar-refractivity contribution in [1.82, 2.24) is 0 Å². The van der Waals surface area contributed by atoms with Gasteiger partial charge >= 0.3 is 6.36 Å². The summed E-state index contributed by atoms with van der Waals surface area (Å²) in [6.45, 7) is 0.0213. The highest BCUT2D eigenvalue weighted by Gasteiger charge is 2.31. The molecule has 1 N–H and O–H groups in total. The van der Waals surface area contributed by atoms with E-state index in [4.69, 9.17) is 0 Å². The standard InChI is InChI=1S/C22H19F3N2O4S/c1-32(29,30)27(15-16-7-3-2-4-8-16)20-10-6-5-9-19(20)21(28)26-17-11-13-18(14-12-17)31-22(23,24)25/h2-14H,15H2,1H3,(H,26,28). The number of para-hydroxylation sites is 1. The summed E-state index contributed by atoms with van der Waals surface area (Å²) in [5, 5.41) is 2.56. The van der Waals surface area contributed by atoms with Gasteiger partial charge in [0.15, 0.2) is 0 Å². The van der Waals surface area contributed by atoms with Crippen LogP contribution in [0.25, 0.3) is 0 Å². The first-order valence-electron chi connectivity index (χ1n) is 9.31. The third-order valence-electron chi connectivity index (χ3n) is 4.33. The second-order valence-electron chi connectivity index (χ2n) is 6.80. The molecule has 0 aliphatic rings. The van der Waals surface area contributed by atoms with Gasteiger partial charge in [-0.2, -0.15) is 0 Å². The van der Waals surface area contributed by atoms with Crippen LogP contribution >= 0.6 is 0 Å². The van der Waals surface area contributed by atoms with Gasteiger partial charge in [0.25, 0.3) is 5.91 Å². The Morgan fingerprint density at radius 1 is 0.938 bits per heavy atom. The van der Waals surface area contributed by atoms with Crippen LogP contribution in [0.15, 0.2) is 78.9 Å². The Hall–Kier alpha value is -3.53. The van der Waals surface area contributed by atoms with Crippen LogP contribution in [0.3, 0.4) is 0 Å². The molecule has 0 heterocycles. The van der Waals surface area contributed by atoms with Gasteiger partial charge in [-0.05, 0) is 42.0 Å². The van der Waals surface area contributed by atoms with E-state index in [1.54, 1.807) is 42.5 Å². The zero-order valence-corrected chi connectivity index (χ0v) is 17.7. The van der Waals surface area contributed by atoms with Gasteiger partial charge in [-0.1, -0.05) is 42.5 Å². The number of alkyl halides is 3. The zero-order valence-electron chi connectivity index (χ0n) is 16.8. The minimum absolute atomic E-state index is 0.0213. The number of nitrogens with zero attached hydrogens (tertiary/aromatic N) is 1. The van der Waals surface area contributed by atoms with Crippen molar-refractivity contribution in [2.24, 2.45) is 0 Å². The van der Waals surface area contributed by atoms with Crippen LogP contribution in [0.4, 0.5) is 24.5 Å². The molecule has 0 unspecified atom stereocenters. The summed E-state index contributed by atoms with van der Waals surface area (Å²) < 4.78 is 66.8. The van der Waals surface area contributed by atoms with E-state index in [0.29, 0.717) is 0 Å². The molecule has 0 bridgehead atoms. The van der Waals surface area contributed by atoms with E-state index in [0.717, 1.165) is 28.3 Å². The monoisotopic (exact) mass is 464 g/mol. The smallest absolute Gasteiger partial charge is 0.406 e. The molecule has 0 saturated heterocycles. The lowest BCUT2D eigenvalue weighted by Crippen LogP contribution is -2.31. The average Bonchev–Trinajstić information content (AvgIpc) is 2.72. The van der Waals surface area contributed by atoms with Crippen molar-refractivity contribution in [3.05, 3.63) is 90.0 Å². The third kappa shape index (κ3) is 6.24. The highest BCUT2D eigenvalue weighted by Crippen LogP contribution is 2.27. The van der Waals surface area contributed by atoms with E-state index in [2.05, 4.69) is 10.1 Å². The molecule has 6 nitrogen and oxygen atoms in total. The molecule has 0 spiro atoms. The van der Waals surface area contributed by atoms with Crippen molar-refractivity contribution < 1.29 is 31.1 Å². The molecule has 0 atom stereocenters. The van der Waals surface area contributed by atoms with Gasteiger partial charge in [-0.25, -0.2) is 8.42 Å². The fourth-order valence-electron chi connectivity index (χ4n) is 2.95. The molecule has 3 aromatic rings. The van der Waals surface area contributed by atoms with Crippen LogP contribution in [0.5, 0.6) is 5.75 Å². The Labute approximate surface area is 183 Å². The minimum atomic E-state index is -4.82. The normalized spacial score (nSPS) is 11.6. The topological polar surface area (TPSA) is 75.7 Å². The van der Waals surface area contributed by atoms with Crippen LogP contribution < -0.4 is 14.4 Å². The molecule has 0 aliphatic carbocycles. The van der Waals surface area contributed by atoms with Crippen molar-refractivity contribution in [2.75, 3.05) is 15.9 Å². The SMILES string of the molecule is CS(=O)(=O)N(Cc1ccccc1)c1ccccc1C(=O)Nc1ccc(OC(F)(F)F)cc1. The average molecular weight is 464 g/mol. The molecule has 0 radical (unpaired) electrons. The van der Waals surface area contributed by atoms with Gasteiger partial charge in [0.2, 0.25) is 10.0 Å². The predicted octanol–water partition coefficient (Wildman–Crippen LogP) is 4.80. The number of hydrogen-bond donors (Lipinski definition) is 1. The quantitative estimate of drug-likeness (QED) is 0.545. The van der Waals surface area contributed by atoms with Crippen molar-refractivity contribution in [3.8, 4) is 5.75 Å². The van der Waals surface area contributed by atoms with Gasteiger partial charge < -0.3 is 10.1 Å². The number of ether oxygens (including phenoxy) is 1. The Bertz CT molecular complexity index is 1180. The number of carbonyl (C=O) groups excluding carboxylic acids is 1. The van der Waals surface area contributed by atoms with E-state index < -0.39 is 28.0 Å². The molecule has 0 fully saturated rings. The van der Waals surface area contributed by atoms with Crippen molar-refractivity contribution >= 4 is 27.3 Å². The van der Waals surface area contributed by atoms with Crippen molar-refractivity contribution in [3.63, 3.8) is 0 Å². The Balaban J connectivity index is 1.86. The van der Waals surface area contributed by atoms with Crippen molar-refractivity contribution in [1.29, 1.82) is 0 Å². The Kier molecular flexibility index (Phi) is 6.73. The fourth-order valence-corrected chi connectivity index (χ4v) is 3.85. The van der Waals surface area contributed by atoms with Crippen LogP contribution in [0.1, 0.15) is 15.9 Å². The molecule has 10 heteroatoms. The highest BCUT2D eigenvalue weighted by molar-refractivity contribution is 7.92. The maximum absolute atomic E-state index is 12.9. The number of benzene rings is 3. The van der Waals surface area contributed by atoms with Crippen LogP contribution in [0.2, 0.25) is 0 Å². The van der Waals surface area contributed by atoms with Crippen LogP contribution in [-0.2, 0) is 16.6 Å². The summed E-state index contributed by atoms with van der Waals surface area (Å²) in [6.07, 6.45) is -3.78. The summed E-state index contributed by atoms with van der Waals surface area (Å²) in [7, 11) is -3.74. The molecule has 0 aliphatic heterocycles. The number of anilines is 2. The van der Waals surface area contributed by atoms with Crippen LogP contribution in [0, 0.1) is 0 Å². The van der Waals surface area contributed by atoms with Crippen LogP contribution in [-0.4, -0.2) is 26.9 Å². The van der Waals surface area contributed by atoms with Crippen molar-refractivity contribution in [2.45, 2.75) is 12.9 Å². The molecular formula is C22H19F3N2O4S. The van der Waals surface area contributed by atoms with Gasteiger partial charge in [-0.3, -0.25) is 9.10 Å². The zero-order chi connectivity index (χ0) is 23.4. The first-order valence-corrected chi connectivity index (χ1v) is 11.2. The summed E-state index contributed by atoms with van der Waals surface area (Å²) >= 11 is 0. The van der Waals surface area contributed by atoms with E-state index in [9.17, 15) is 26.4 Å². The second kappa shape index (κ2) is 9.31. The largest absolute Gasteiger partial charge is 0.573 e. The summed E-state index contributed by atoms with van der Waals surface area (Å²) in [6, 6.07) is 19.7. The summed E-state index contributed by atoms with van der Waals surface area (Å²) in [5.74, 6) is -1.05. The number of nitrogens with one attached hydrogen (secondary N) is 1. The van der Waals surface area contributed by atoms with Gasteiger partial charge in [0, 0.05) is 5.69 Å². The lowest BCUT2D eigenvalue weighted by atomic mass is 10.1. The molecular weight excluding hydrogens is 445 g/mol. The van der Waals surface area contributed by atoms with E-state index in [-0.39, 0.29) is 23.5 Å². The first-order chi connectivity index (χ1) is 15.0. The number of carbonyl (C=O) groups is 1. The minimum Gasteiger partial charge on any atom is -0.406 e. The lowest BCUT2D eigenvalue weighted by Gasteiger charge is -2.24. The molecule has 1 amide bonds. The molecule has 3 aromatic carbocycles. The number of rotatable bonds is 7. The Morgan fingerprint density at radius 2 is 1.53 bits per heavy atom. The maximum Gasteiger partial charge on any atom is 0.573 e. The number of amides is 1. The van der Waals surface area contributed by atoms with Gasteiger partial charge in [0.05, 0.1) is 24.1 Å². The number of sulfonamides is 1. The highest BCUT2D eigenvalue weighted by atomic mass is 32.2. The summed E-state index contributed by atoms with van der Waals surface area (Å²) in [5.41, 5.74) is 1.21. The first kappa shape index (κ1) is 23.1. The lowest BCUT2D eigenvalue weighted by molar-refractivity contribution is -0.274. The van der Waals surface area contributed by atoms with Gasteiger partial charge in [-0.15, -0.1) is 13.2 Å². The van der Waals surface area contributed by atoms with E-state index >= 15 is 0 Å². The third-order valence-corrected chi connectivity index (χ3v) is 5.46. The molecule has 0 saturated carbocycles. The number of halogens is 3. The second-order valence-corrected chi connectivity index (χ2v) is 8.71. The van der Waals surface area contributed by atoms with Gasteiger partial charge in [0.1, 0.15) is 5.75 Å². The Morgan fingerprint density at radius 3 is 2.12 bits per heavy atom. The number of hydrogen-bond acceptors (Lipinski definition) is 4. The molecule has 0 aromatic heterocycles. The molecule has 32 heavy (non-hydrogen) atoms. The van der Waals surface area contributed by atoms with E-state index in [1.165, 1.54) is 24.3 Å². The molecule has 3 rings (SSSR count). The fraction of sp³-hybridized carbons (Fsp3) is 0.136. The maximum atomic E-state index is 12.9. The van der Waals surface area contributed by atoms with E-state index in [1.807, 2.05) is 0 Å². The molecule has 168 valence electrons. The summed E-state index contributed by atoms with van der Waals surface area (Å²) in [4.78, 5) is 12.9. The predicted molar refractivity (Wildman–Crippen MR) is 115 cm³/mol.